The van der Waals surface area contributed by atoms with Gasteiger partial charge in [0.25, 0.3) is 0 Å². The van der Waals surface area contributed by atoms with E-state index in [1.54, 1.807) is 5.57 Å². The summed E-state index contributed by atoms with van der Waals surface area (Å²) in [5.74, 6) is 1.83. The normalized spacial score (nSPS) is 18.4. The lowest BCUT2D eigenvalue weighted by atomic mass is 9.74. The van der Waals surface area contributed by atoms with Crippen LogP contribution in [0, 0.1) is 38.9 Å². The monoisotopic (exact) mass is 567 g/mol. The van der Waals surface area contributed by atoms with Crippen molar-refractivity contribution in [1.29, 1.82) is 0 Å². The molecule has 0 saturated heterocycles. The summed E-state index contributed by atoms with van der Waals surface area (Å²) >= 11 is 0. The Balaban J connectivity index is -0.000000199. The molecule has 2 aliphatic carbocycles. The van der Waals surface area contributed by atoms with Crippen LogP contribution in [-0.4, -0.2) is 0 Å². The van der Waals surface area contributed by atoms with Crippen molar-refractivity contribution < 1.29 is 0 Å². The molecule has 0 N–H and O–H groups in total. The molecular formula is C40H86. The zero-order chi connectivity index (χ0) is 33.0. The zero-order valence-corrected chi connectivity index (χ0v) is 32.8. The molecule has 0 spiro atoms. The SMILES string of the molecule is CC(C)(C)C.CC(C)C.CC1=CCC(C)(C)CC1.CC1CCC(C)(C)CC1.CCC(C)(C)C.CCCC(C)(C)C. The second-order valence-corrected chi connectivity index (χ2v) is 19.2. The first-order valence-electron chi connectivity index (χ1n) is 17.2. The fourth-order valence-electron chi connectivity index (χ4n) is 3.48. The fraction of sp³-hybridized carbons (Fsp3) is 0.950. The van der Waals surface area contributed by atoms with Gasteiger partial charge in [-0.1, -0.05) is 176 Å². The Bertz CT molecular complexity index is 558. The van der Waals surface area contributed by atoms with Crippen LogP contribution < -0.4 is 0 Å². The van der Waals surface area contributed by atoms with Gasteiger partial charge in [0.2, 0.25) is 0 Å². The van der Waals surface area contributed by atoms with E-state index >= 15 is 0 Å². The molecule has 0 aliphatic heterocycles. The Morgan fingerprint density at radius 1 is 0.725 bits per heavy atom. The Labute approximate surface area is 259 Å². The zero-order valence-electron chi connectivity index (χ0n) is 32.8. The van der Waals surface area contributed by atoms with Crippen molar-refractivity contribution in [3.8, 4) is 0 Å². The molecular weight excluding hydrogens is 480 g/mol. The van der Waals surface area contributed by atoms with Crippen molar-refractivity contribution in [3.05, 3.63) is 11.6 Å². The van der Waals surface area contributed by atoms with Crippen LogP contribution in [0.25, 0.3) is 0 Å². The summed E-state index contributed by atoms with van der Waals surface area (Å²) in [5.41, 5.74) is 4.41. The van der Waals surface area contributed by atoms with Crippen molar-refractivity contribution in [2.24, 2.45) is 38.9 Å². The third kappa shape index (κ3) is 53.9. The van der Waals surface area contributed by atoms with E-state index in [-0.39, 0.29) is 0 Å². The molecule has 0 unspecified atom stereocenters. The minimum Gasteiger partial charge on any atom is -0.0851 e. The van der Waals surface area contributed by atoms with E-state index in [0.29, 0.717) is 27.1 Å². The predicted octanol–water partition coefficient (Wildman–Crippen LogP) is 15.4. The minimum absolute atomic E-state index is 0.500. The maximum absolute atomic E-state index is 2.39. The van der Waals surface area contributed by atoms with Gasteiger partial charge in [0.15, 0.2) is 0 Å². The smallest absolute Gasteiger partial charge is 0.0296 e. The van der Waals surface area contributed by atoms with Gasteiger partial charge >= 0.3 is 0 Å². The van der Waals surface area contributed by atoms with Crippen molar-refractivity contribution in [2.45, 2.75) is 210 Å². The van der Waals surface area contributed by atoms with Crippen molar-refractivity contribution in [3.63, 3.8) is 0 Å². The molecule has 0 amide bonds. The lowest BCUT2D eigenvalue weighted by Crippen LogP contribution is -2.19. The van der Waals surface area contributed by atoms with E-state index in [1.807, 2.05) is 0 Å². The molecule has 0 radical (unpaired) electrons. The Hall–Kier alpha value is -0.260. The van der Waals surface area contributed by atoms with Crippen molar-refractivity contribution in [2.75, 3.05) is 0 Å². The van der Waals surface area contributed by atoms with Crippen LogP contribution in [0.3, 0.4) is 0 Å². The molecule has 0 bridgehead atoms. The maximum Gasteiger partial charge on any atom is -0.0296 e. The molecule has 0 heteroatoms. The van der Waals surface area contributed by atoms with E-state index in [0.717, 1.165) is 11.8 Å². The summed E-state index contributed by atoms with van der Waals surface area (Å²) in [7, 11) is 0. The minimum atomic E-state index is 0.500. The van der Waals surface area contributed by atoms with Gasteiger partial charge in [-0.3, -0.25) is 0 Å². The highest BCUT2D eigenvalue weighted by Crippen LogP contribution is 2.37. The third-order valence-electron chi connectivity index (χ3n) is 6.89. The highest BCUT2D eigenvalue weighted by Gasteiger charge is 2.24. The third-order valence-corrected chi connectivity index (χ3v) is 6.89. The van der Waals surface area contributed by atoms with Gasteiger partial charge in [0.05, 0.1) is 0 Å². The molecule has 246 valence electrons. The molecule has 40 heavy (non-hydrogen) atoms. The van der Waals surface area contributed by atoms with Crippen LogP contribution in [-0.2, 0) is 0 Å². The average molecular weight is 567 g/mol. The lowest BCUT2D eigenvalue weighted by Gasteiger charge is -2.32. The van der Waals surface area contributed by atoms with Crippen molar-refractivity contribution in [1.82, 2.24) is 0 Å². The van der Waals surface area contributed by atoms with Gasteiger partial charge in [0.1, 0.15) is 0 Å². The Morgan fingerprint density at radius 2 is 1.07 bits per heavy atom. The van der Waals surface area contributed by atoms with Crippen LogP contribution in [0.2, 0.25) is 0 Å². The molecule has 2 rings (SSSR count). The fourth-order valence-corrected chi connectivity index (χ4v) is 3.48. The highest BCUT2D eigenvalue weighted by molar-refractivity contribution is 5.04. The molecule has 0 aromatic rings. The molecule has 0 nitrogen and oxygen atoms in total. The molecule has 1 saturated carbocycles. The van der Waals surface area contributed by atoms with Gasteiger partial charge in [-0.2, -0.15) is 0 Å². The average Bonchev–Trinajstić information content (AvgIpc) is 2.71. The highest BCUT2D eigenvalue weighted by atomic mass is 14.3. The van der Waals surface area contributed by atoms with Crippen LogP contribution >= 0.6 is 0 Å². The Kier molecular flexibility index (Phi) is 26.0. The number of rotatable bonds is 1. The van der Waals surface area contributed by atoms with Gasteiger partial charge in [-0.25, -0.2) is 0 Å². The van der Waals surface area contributed by atoms with Crippen LogP contribution in [0.4, 0.5) is 0 Å². The van der Waals surface area contributed by atoms with Crippen molar-refractivity contribution >= 4 is 0 Å². The largest absolute Gasteiger partial charge is 0.0851 e. The van der Waals surface area contributed by atoms with E-state index in [1.165, 1.54) is 64.2 Å². The number of hydrogen-bond donors (Lipinski definition) is 0. The maximum atomic E-state index is 2.39. The molecule has 0 heterocycles. The van der Waals surface area contributed by atoms with E-state index < -0.39 is 0 Å². The quantitative estimate of drug-likeness (QED) is 0.277. The number of hydrogen-bond acceptors (Lipinski definition) is 0. The molecule has 2 aliphatic rings. The van der Waals surface area contributed by atoms with Gasteiger partial charge < -0.3 is 0 Å². The molecule has 0 aromatic heterocycles. The molecule has 1 fully saturated rings. The topological polar surface area (TPSA) is 0 Å². The first kappa shape index (κ1) is 46.7. The molecule has 0 aromatic carbocycles. The summed E-state index contributed by atoms with van der Waals surface area (Å²) in [6.07, 6.45) is 16.0. The first-order chi connectivity index (χ1) is 17.6. The lowest BCUT2D eigenvalue weighted by molar-refractivity contribution is 0.201. The second kappa shape index (κ2) is 22.3. The molecule has 0 atom stereocenters. The van der Waals surface area contributed by atoms with Gasteiger partial charge in [-0.05, 0) is 84.4 Å². The van der Waals surface area contributed by atoms with E-state index in [4.69, 9.17) is 0 Å². The standard InChI is InChI=1S/C9H18.C9H16.C7H16.C6H14.C5H12.C4H10/c2*1-8-4-6-9(2,3)7-5-8;1-5-6-7(2,3)4;1-5-6(2,3)4;1-5(2,3)4;1-4(2)3/h8H,4-7H2,1-3H3;4H,5-7H2,1-3H3;5-6H2,1-4H3;5H2,1-4H3;1-4H3;4H,1-3H3. The summed E-state index contributed by atoms with van der Waals surface area (Å²) in [6.45, 7) is 47.3. The summed E-state index contributed by atoms with van der Waals surface area (Å²) in [6, 6.07) is 0. The van der Waals surface area contributed by atoms with Gasteiger partial charge in [-0.15, -0.1) is 0 Å². The second-order valence-electron chi connectivity index (χ2n) is 19.2. The Morgan fingerprint density at radius 3 is 1.23 bits per heavy atom. The van der Waals surface area contributed by atoms with Crippen LogP contribution in [0.5, 0.6) is 0 Å². The van der Waals surface area contributed by atoms with Crippen LogP contribution in [0.1, 0.15) is 210 Å². The first-order valence-corrected chi connectivity index (χ1v) is 17.2. The van der Waals surface area contributed by atoms with E-state index in [9.17, 15) is 0 Å². The summed E-state index contributed by atoms with van der Waals surface area (Å²) < 4.78 is 0. The number of allylic oxidation sites excluding steroid dienone is 2. The van der Waals surface area contributed by atoms with Crippen LogP contribution in [0.15, 0.2) is 11.6 Å². The summed E-state index contributed by atoms with van der Waals surface area (Å²) in [5, 5.41) is 0. The predicted molar refractivity (Wildman–Crippen MR) is 193 cm³/mol. The van der Waals surface area contributed by atoms with E-state index in [2.05, 4.69) is 151 Å². The summed E-state index contributed by atoms with van der Waals surface area (Å²) in [4.78, 5) is 0. The van der Waals surface area contributed by atoms with Gasteiger partial charge in [0, 0.05) is 0 Å².